The molecular weight excluding hydrogens is 429 g/mol. The van der Waals surface area contributed by atoms with Crippen molar-refractivity contribution in [2.24, 2.45) is 0 Å². The molecule has 0 aliphatic carbocycles. The van der Waals surface area contributed by atoms with E-state index in [1.807, 2.05) is 13.1 Å². The molecule has 1 aromatic carbocycles. The molecule has 176 valence electrons. The summed E-state index contributed by atoms with van der Waals surface area (Å²) in [6, 6.07) is 5.26. The number of likely N-dealkylation sites (N-methyl/N-ethyl adjacent to an activating group) is 1. The largest absolute Gasteiger partial charge is 0.416 e. The first-order valence-electron chi connectivity index (χ1n) is 11.1. The van der Waals surface area contributed by atoms with Gasteiger partial charge in [-0.25, -0.2) is 4.98 Å². The minimum Gasteiger partial charge on any atom is -0.399 e. The summed E-state index contributed by atoms with van der Waals surface area (Å²) in [4.78, 5) is 14.0. The van der Waals surface area contributed by atoms with E-state index < -0.39 is 17.8 Å². The molecular formula is C24H29F3N6. The zero-order valence-corrected chi connectivity index (χ0v) is 19.1. The third kappa shape index (κ3) is 4.98. The van der Waals surface area contributed by atoms with Crippen LogP contribution >= 0.6 is 0 Å². The van der Waals surface area contributed by atoms with Crippen molar-refractivity contribution in [3.8, 4) is 0 Å². The van der Waals surface area contributed by atoms with Crippen LogP contribution in [0.2, 0.25) is 0 Å². The normalized spacial score (nSPS) is 16.2. The first-order chi connectivity index (χ1) is 15.7. The lowest BCUT2D eigenvalue weighted by Gasteiger charge is -2.35. The number of alkyl halides is 3. The van der Waals surface area contributed by atoms with Gasteiger partial charge in [-0.05, 0) is 55.8 Å². The summed E-state index contributed by atoms with van der Waals surface area (Å²) >= 11 is 0. The fourth-order valence-corrected chi connectivity index (χ4v) is 4.23. The van der Waals surface area contributed by atoms with E-state index in [1.54, 1.807) is 19.2 Å². The second-order valence-corrected chi connectivity index (χ2v) is 8.55. The number of rotatable bonds is 5. The summed E-state index contributed by atoms with van der Waals surface area (Å²) < 4.78 is 39.8. The van der Waals surface area contributed by atoms with Gasteiger partial charge in [-0.1, -0.05) is 6.92 Å². The van der Waals surface area contributed by atoms with Gasteiger partial charge >= 0.3 is 6.18 Å². The van der Waals surface area contributed by atoms with E-state index in [9.17, 15) is 13.2 Å². The Morgan fingerprint density at radius 2 is 1.79 bits per heavy atom. The van der Waals surface area contributed by atoms with Crippen molar-refractivity contribution in [1.29, 1.82) is 0 Å². The first kappa shape index (κ1) is 23.1. The van der Waals surface area contributed by atoms with E-state index >= 15 is 0 Å². The molecule has 0 radical (unpaired) electrons. The molecule has 3 heterocycles. The second-order valence-electron chi connectivity index (χ2n) is 8.55. The van der Waals surface area contributed by atoms with Crippen molar-refractivity contribution in [1.82, 2.24) is 14.9 Å². The molecule has 1 aliphatic heterocycles. The predicted octanol–water partition coefficient (Wildman–Crippen LogP) is 4.85. The molecule has 3 aromatic rings. The second kappa shape index (κ2) is 9.05. The van der Waals surface area contributed by atoms with Gasteiger partial charge in [0.2, 0.25) is 0 Å². The van der Waals surface area contributed by atoms with Gasteiger partial charge in [0.1, 0.15) is 5.82 Å². The number of nitrogen functional groups attached to an aromatic ring is 1. The maximum Gasteiger partial charge on any atom is 0.416 e. The number of piperazine rings is 1. The molecule has 6 nitrogen and oxygen atoms in total. The quantitative estimate of drug-likeness (QED) is 0.533. The Bertz CT molecular complexity index is 1140. The van der Waals surface area contributed by atoms with Crippen molar-refractivity contribution in [2.75, 3.05) is 48.7 Å². The Labute approximate surface area is 191 Å². The Balaban J connectivity index is 1.65. The lowest BCUT2D eigenvalue weighted by molar-refractivity contribution is -0.137. The van der Waals surface area contributed by atoms with Crippen molar-refractivity contribution in [3.05, 3.63) is 53.3 Å². The number of aryl methyl sites for hydroxylation is 1. The number of halogens is 3. The van der Waals surface area contributed by atoms with Crippen molar-refractivity contribution in [3.63, 3.8) is 0 Å². The molecule has 1 aliphatic rings. The van der Waals surface area contributed by atoms with E-state index in [0.29, 0.717) is 11.4 Å². The molecule has 3 N–H and O–H groups in total. The van der Waals surface area contributed by atoms with Gasteiger partial charge in [0.05, 0.1) is 29.0 Å². The predicted molar refractivity (Wildman–Crippen MR) is 126 cm³/mol. The number of pyridine rings is 2. The van der Waals surface area contributed by atoms with Crippen molar-refractivity contribution < 1.29 is 13.2 Å². The molecule has 0 saturated carbocycles. The Morgan fingerprint density at radius 3 is 2.45 bits per heavy atom. The summed E-state index contributed by atoms with van der Waals surface area (Å²) in [5.41, 5.74) is 8.29. The summed E-state index contributed by atoms with van der Waals surface area (Å²) in [7, 11) is 0. The maximum atomic E-state index is 13.3. The number of fused-ring (bicyclic) bond motifs is 1. The monoisotopic (exact) mass is 458 g/mol. The number of nitrogens with zero attached hydrogens (tertiary/aromatic N) is 4. The van der Waals surface area contributed by atoms with Crippen LogP contribution in [-0.4, -0.2) is 47.6 Å². The number of nitrogens with one attached hydrogen (secondary N) is 1. The molecule has 1 fully saturated rings. The minimum atomic E-state index is -4.46. The number of benzene rings is 1. The van der Waals surface area contributed by atoms with Gasteiger partial charge in [-0.2, -0.15) is 13.2 Å². The van der Waals surface area contributed by atoms with E-state index in [1.165, 1.54) is 0 Å². The Morgan fingerprint density at radius 1 is 1.06 bits per heavy atom. The molecule has 0 unspecified atom stereocenters. The highest BCUT2D eigenvalue weighted by Crippen LogP contribution is 2.34. The highest BCUT2D eigenvalue weighted by Gasteiger charge is 2.31. The number of hydrogen-bond acceptors (Lipinski definition) is 6. The van der Waals surface area contributed by atoms with Crippen LogP contribution in [0.25, 0.3) is 10.9 Å². The summed E-state index contributed by atoms with van der Waals surface area (Å²) in [5, 5.41) is 4.12. The van der Waals surface area contributed by atoms with Gasteiger partial charge < -0.3 is 20.9 Å². The number of nitrogens with two attached hydrogens (primary N) is 1. The average molecular weight is 459 g/mol. The van der Waals surface area contributed by atoms with Crippen LogP contribution < -0.4 is 16.0 Å². The lowest BCUT2D eigenvalue weighted by Crippen LogP contribution is -2.46. The molecule has 1 atom stereocenters. The molecule has 4 rings (SSSR count). The van der Waals surface area contributed by atoms with E-state index in [4.69, 9.17) is 10.7 Å². The zero-order valence-electron chi connectivity index (χ0n) is 19.1. The highest BCUT2D eigenvalue weighted by atomic mass is 19.4. The third-order valence-corrected chi connectivity index (χ3v) is 6.23. The van der Waals surface area contributed by atoms with Crippen LogP contribution in [0, 0.1) is 6.92 Å². The smallest absolute Gasteiger partial charge is 0.399 e. The molecule has 9 heteroatoms. The lowest BCUT2D eigenvalue weighted by atomic mass is 10.0. The van der Waals surface area contributed by atoms with E-state index in [-0.39, 0.29) is 5.69 Å². The summed E-state index contributed by atoms with van der Waals surface area (Å²) in [6.45, 7) is 10.8. The Hall–Kier alpha value is -3.07. The maximum absolute atomic E-state index is 13.3. The summed E-state index contributed by atoms with van der Waals surface area (Å²) in [6.07, 6.45) is -0.846. The van der Waals surface area contributed by atoms with Crippen LogP contribution in [0.1, 0.15) is 36.6 Å². The van der Waals surface area contributed by atoms with E-state index in [0.717, 1.165) is 67.0 Å². The van der Waals surface area contributed by atoms with Gasteiger partial charge in [-0.15, -0.1) is 0 Å². The van der Waals surface area contributed by atoms with Crippen molar-refractivity contribution in [2.45, 2.75) is 33.0 Å². The number of anilines is 3. The molecule has 0 bridgehead atoms. The summed E-state index contributed by atoms with van der Waals surface area (Å²) in [5.74, 6) is 0.584. The SMILES string of the molecule is CCN1CCN(c2cnc3c(C)cnc(N[C@H](C)c4cc(N)cc(C(F)(F)F)c4)c3c2)CC1. The number of aromatic nitrogens is 2. The Kier molecular flexibility index (Phi) is 6.34. The molecule has 0 spiro atoms. The first-order valence-corrected chi connectivity index (χ1v) is 11.1. The average Bonchev–Trinajstić information content (AvgIpc) is 2.79. The topological polar surface area (TPSA) is 70.3 Å². The van der Waals surface area contributed by atoms with Gasteiger partial charge in [0.25, 0.3) is 0 Å². The van der Waals surface area contributed by atoms with Crippen LogP contribution in [0.3, 0.4) is 0 Å². The fourth-order valence-electron chi connectivity index (χ4n) is 4.23. The van der Waals surface area contributed by atoms with Crippen LogP contribution in [0.15, 0.2) is 36.7 Å². The standard InChI is InChI=1S/C24H29F3N6/c1-4-32-5-7-33(8-6-32)20-12-21-22(29-14-20)15(2)13-30-23(21)31-16(3)17-9-18(24(25,26)27)11-19(28)10-17/h9-14,16H,4-8,28H2,1-3H3,(H,30,31)/t16-/m1/s1. The minimum absolute atomic E-state index is 0.0744. The number of hydrogen-bond donors (Lipinski definition) is 2. The van der Waals surface area contributed by atoms with Crippen LogP contribution in [-0.2, 0) is 6.18 Å². The molecule has 0 amide bonds. The van der Waals surface area contributed by atoms with Gasteiger partial charge in [-0.3, -0.25) is 4.98 Å². The van der Waals surface area contributed by atoms with Gasteiger partial charge in [0.15, 0.2) is 0 Å². The fraction of sp³-hybridized carbons (Fsp3) is 0.417. The van der Waals surface area contributed by atoms with E-state index in [2.05, 4.69) is 33.1 Å². The van der Waals surface area contributed by atoms with Crippen molar-refractivity contribution >= 4 is 28.1 Å². The molecule has 2 aromatic heterocycles. The highest BCUT2D eigenvalue weighted by molar-refractivity contribution is 5.93. The van der Waals surface area contributed by atoms with Crippen LogP contribution in [0.5, 0.6) is 0 Å². The third-order valence-electron chi connectivity index (χ3n) is 6.23. The van der Waals surface area contributed by atoms with Gasteiger partial charge in [0, 0.05) is 43.4 Å². The molecule has 33 heavy (non-hydrogen) atoms. The molecule has 1 saturated heterocycles. The van der Waals surface area contributed by atoms with Crippen LogP contribution in [0.4, 0.5) is 30.4 Å². The zero-order chi connectivity index (χ0) is 23.8.